The van der Waals surface area contributed by atoms with Gasteiger partial charge >= 0.3 is 0 Å². The largest absolute Gasteiger partial charge is 0.491 e. The summed E-state index contributed by atoms with van der Waals surface area (Å²) in [4.78, 5) is 16.8. The molecule has 1 aliphatic heterocycles. The van der Waals surface area contributed by atoms with E-state index in [1.807, 2.05) is 32.2 Å². The van der Waals surface area contributed by atoms with Crippen molar-refractivity contribution in [3.05, 3.63) is 81.8 Å². The monoisotopic (exact) mass is 544 g/mol. The Kier molecular flexibility index (Phi) is 8.67. The van der Waals surface area contributed by atoms with Crippen LogP contribution in [0.5, 0.6) is 5.75 Å². The van der Waals surface area contributed by atoms with Crippen LogP contribution in [0.15, 0.2) is 64.9 Å². The Morgan fingerprint density at radius 2 is 1.97 bits per heavy atom. The summed E-state index contributed by atoms with van der Waals surface area (Å²) < 4.78 is 48.1. The van der Waals surface area contributed by atoms with E-state index in [0.29, 0.717) is 18.7 Å². The summed E-state index contributed by atoms with van der Waals surface area (Å²) in [5.41, 5.74) is 1.96. The van der Waals surface area contributed by atoms with E-state index in [1.165, 1.54) is 21.3 Å². The number of sulfonamides is 1. The number of rotatable bonds is 10. The number of carbonyl (C=O) groups excluding carboxylic acids is 1. The lowest BCUT2D eigenvalue weighted by atomic mass is 10.0. The molecule has 0 radical (unpaired) electrons. The first-order valence-electron chi connectivity index (χ1n) is 12.5. The van der Waals surface area contributed by atoms with E-state index in [-0.39, 0.29) is 36.4 Å². The molecule has 0 bridgehead atoms. The van der Waals surface area contributed by atoms with Gasteiger partial charge in [0.15, 0.2) is 0 Å². The van der Waals surface area contributed by atoms with Gasteiger partial charge in [-0.25, -0.2) is 12.8 Å². The number of ether oxygens (including phenoxy) is 1. The normalized spacial score (nSPS) is 16.5. The van der Waals surface area contributed by atoms with Crippen LogP contribution < -0.4 is 4.74 Å². The summed E-state index contributed by atoms with van der Waals surface area (Å²) >= 11 is 1.64. The van der Waals surface area contributed by atoms with Gasteiger partial charge in [0.1, 0.15) is 18.2 Å². The van der Waals surface area contributed by atoms with Crippen molar-refractivity contribution < 1.29 is 22.3 Å². The highest BCUT2D eigenvalue weighted by molar-refractivity contribution is 7.89. The van der Waals surface area contributed by atoms with Crippen molar-refractivity contribution in [3.63, 3.8) is 0 Å². The molecule has 9 heteroatoms. The van der Waals surface area contributed by atoms with Crippen LogP contribution >= 0.6 is 11.3 Å². The summed E-state index contributed by atoms with van der Waals surface area (Å²) in [5.74, 6) is -0.198. The van der Waals surface area contributed by atoms with E-state index in [9.17, 15) is 17.6 Å². The molecule has 3 aromatic rings. The Bertz CT molecular complexity index is 1320. The number of amides is 1. The lowest BCUT2D eigenvalue weighted by Crippen LogP contribution is -2.48. The topological polar surface area (TPSA) is 66.9 Å². The molecule has 0 N–H and O–H groups in total. The standard InChI is InChI=1S/C28H33FN2O4S2/c1-4-20(2)17-30(37(33,34)24-10-8-21(3)9-11-24)18-28(32)31-14-12-27-25(13-15-36-27)26(31)19-35-23-7-5-6-22(29)16-23/h5-11,13,15-16,20,26H,4,12,14,17-19H2,1-3H3/t20-,26-/m1/s1. The molecule has 0 fully saturated rings. The Morgan fingerprint density at radius 1 is 1.22 bits per heavy atom. The van der Waals surface area contributed by atoms with Crippen molar-refractivity contribution in [1.82, 2.24) is 9.21 Å². The summed E-state index contributed by atoms with van der Waals surface area (Å²) in [7, 11) is -3.87. The van der Waals surface area contributed by atoms with Crippen LogP contribution in [0.4, 0.5) is 4.39 Å². The van der Waals surface area contributed by atoms with Crippen molar-refractivity contribution in [2.75, 3.05) is 26.2 Å². The second kappa shape index (κ2) is 11.8. The minimum Gasteiger partial charge on any atom is -0.491 e. The number of aryl methyl sites for hydroxylation is 1. The van der Waals surface area contributed by atoms with E-state index in [1.54, 1.807) is 52.6 Å². The number of halogens is 1. The van der Waals surface area contributed by atoms with Crippen LogP contribution in [-0.4, -0.2) is 49.8 Å². The van der Waals surface area contributed by atoms with E-state index in [2.05, 4.69) is 0 Å². The van der Waals surface area contributed by atoms with Crippen LogP contribution in [-0.2, 0) is 21.2 Å². The molecule has 2 aromatic carbocycles. The molecule has 2 heterocycles. The first-order chi connectivity index (χ1) is 17.7. The predicted molar refractivity (Wildman–Crippen MR) is 144 cm³/mol. The first-order valence-corrected chi connectivity index (χ1v) is 14.8. The molecule has 37 heavy (non-hydrogen) atoms. The van der Waals surface area contributed by atoms with E-state index in [0.717, 1.165) is 17.5 Å². The van der Waals surface area contributed by atoms with Crippen molar-refractivity contribution in [2.45, 2.75) is 44.6 Å². The van der Waals surface area contributed by atoms with E-state index >= 15 is 0 Å². The Morgan fingerprint density at radius 3 is 2.68 bits per heavy atom. The second-order valence-corrected chi connectivity index (χ2v) is 12.5. The highest BCUT2D eigenvalue weighted by atomic mass is 32.2. The van der Waals surface area contributed by atoms with Gasteiger partial charge < -0.3 is 9.64 Å². The maximum atomic E-state index is 13.7. The fraction of sp³-hybridized carbons (Fsp3) is 0.393. The zero-order chi connectivity index (χ0) is 26.6. The molecular weight excluding hydrogens is 511 g/mol. The minimum atomic E-state index is -3.87. The number of benzene rings is 2. The highest BCUT2D eigenvalue weighted by Crippen LogP contribution is 2.34. The van der Waals surface area contributed by atoms with Crippen molar-refractivity contribution in [3.8, 4) is 5.75 Å². The van der Waals surface area contributed by atoms with Gasteiger partial charge in [-0.2, -0.15) is 4.31 Å². The molecule has 0 aliphatic carbocycles. The number of hydrogen-bond donors (Lipinski definition) is 0. The number of fused-ring (bicyclic) bond motifs is 1. The first kappa shape index (κ1) is 27.3. The quantitative estimate of drug-likeness (QED) is 0.341. The molecule has 0 saturated heterocycles. The van der Waals surface area contributed by atoms with Gasteiger partial charge in [-0.3, -0.25) is 4.79 Å². The van der Waals surface area contributed by atoms with Crippen LogP contribution in [0, 0.1) is 18.7 Å². The molecule has 198 valence electrons. The Labute approximate surface area is 222 Å². The summed E-state index contributed by atoms with van der Waals surface area (Å²) in [6, 6.07) is 14.2. The van der Waals surface area contributed by atoms with Gasteiger partial charge in [0, 0.05) is 24.0 Å². The van der Waals surface area contributed by atoms with Crippen LogP contribution in [0.25, 0.3) is 0 Å². The predicted octanol–water partition coefficient (Wildman–Crippen LogP) is 5.44. The zero-order valence-electron chi connectivity index (χ0n) is 21.4. The van der Waals surface area contributed by atoms with Gasteiger partial charge in [-0.1, -0.05) is 44.0 Å². The average Bonchev–Trinajstić information content (AvgIpc) is 3.36. The minimum absolute atomic E-state index is 0.0879. The molecule has 1 amide bonds. The zero-order valence-corrected chi connectivity index (χ0v) is 23.0. The van der Waals surface area contributed by atoms with E-state index < -0.39 is 21.9 Å². The lowest BCUT2D eigenvalue weighted by Gasteiger charge is -2.37. The maximum absolute atomic E-state index is 13.7. The smallest absolute Gasteiger partial charge is 0.243 e. The molecule has 1 aliphatic rings. The van der Waals surface area contributed by atoms with Gasteiger partial charge in [-0.15, -0.1) is 11.3 Å². The lowest BCUT2D eigenvalue weighted by molar-refractivity contribution is -0.135. The van der Waals surface area contributed by atoms with Crippen molar-refractivity contribution >= 4 is 27.3 Å². The van der Waals surface area contributed by atoms with Gasteiger partial charge in [-0.05, 0) is 60.5 Å². The molecule has 1 aromatic heterocycles. The third-order valence-corrected chi connectivity index (χ3v) is 9.62. The Balaban J connectivity index is 1.58. The van der Waals surface area contributed by atoms with E-state index in [4.69, 9.17) is 4.74 Å². The molecule has 4 rings (SSSR count). The fourth-order valence-electron chi connectivity index (χ4n) is 4.43. The fourth-order valence-corrected chi connectivity index (χ4v) is 6.87. The molecule has 0 saturated carbocycles. The third kappa shape index (κ3) is 6.40. The maximum Gasteiger partial charge on any atom is 0.243 e. The Hall–Kier alpha value is -2.75. The second-order valence-electron chi connectivity index (χ2n) is 9.54. The molecule has 2 atom stereocenters. The highest BCUT2D eigenvalue weighted by Gasteiger charge is 2.35. The summed E-state index contributed by atoms with van der Waals surface area (Å²) in [6.45, 7) is 6.50. The van der Waals surface area contributed by atoms with Crippen LogP contribution in [0.3, 0.4) is 0 Å². The summed E-state index contributed by atoms with van der Waals surface area (Å²) in [5, 5.41) is 1.99. The molecule has 6 nitrogen and oxygen atoms in total. The molecular formula is C28H33FN2O4S2. The van der Waals surface area contributed by atoms with Gasteiger partial charge in [0.25, 0.3) is 0 Å². The summed E-state index contributed by atoms with van der Waals surface area (Å²) in [6.07, 6.45) is 1.49. The van der Waals surface area contributed by atoms with Crippen LogP contribution in [0.2, 0.25) is 0 Å². The average molecular weight is 545 g/mol. The van der Waals surface area contributed by atoms with Crippen LogP contribution in [0.1, 0.15) is 42.3 Å². The van der Waals surface area contributed by atoms with Crippen molar-refractivity contribution in [1.29, 1.82) is 0 Å². The molecule has 0 unspecified atom stereocenters. The number of hydrogen-bond acceptors (Lipinski definition) is 5. The van der Waals surface area contributed by atoms with Gasteiger partial charge in [0.05, 0.1) is 17.5 Å². The number of carbonyl (C=O) groups is 1. The van der Waals surface area contributed by atoms with Gasteiger partial charge in [0.2, 0.25) is 15.9 Å². The third-order valence-electron chi connectivity index (χ3n) is 6.80. The number of nitrogens with zero attached hydrogens (tertiary/aromatic N) is 2. The van der Waals surface area contributed by atoms with Crippen molar-refractivity contribution in [2.24, 2.45) is 5.92 Å². The SMILES string of the molecule is CC[C@@H](C)CN(CC(=O)N1CCc2sccc2[C@H]1COc1cccc(F)c1)S(=O)(=O)c1ccc(C)cc1. The number of thiophene rings is 1. The molecule has 0 spiro atoms.